The number of aromatic nitrogens is 1. The van der Waals surface area contributed by atoms with Gasteiger partial charge in [-0.1, -0.05) is 20.8 Å². The fraction of sp³-hybridized carbons (Fsp3) is 0.667. The number of hydrogen-bond acceptors (Lipinski definition) is 3. The Kier molecular flexibility index (Phi) is 2.13. The van der Waals surface area contributed by atoms with Crippen LogP contribution in [0.5, 0.6) is 5.95 Å². The average Bonchev–Trinajstić information content (AvgIpc) is 2.29. The molecule has 1 aromatic heterocycles. The van der Waals surface area contributed by atoms with E-state index in [2.05, 4.69) is 25.8 Å². The molecule has 1 aromatic rings. The van der Waals surface area contributed by atoms with Crippen molar-refractivity contribution in [1.29, 1.82) is 0 Å². The van der Waals surface area contributed by atoms with E-state index in [-0.39, 0.29) is 5.41 Å². The summed E-state index contributed by atoms with van der Waals surface area (Å²) in [6, 6.07) is 0. The second-order valence-electron chi connectivity index (χ2n) is 3.82. The average molecular weight is 169 g/mol. The van der Waals surface area contributed by atoms with Gasteiger partial charge >= 0.3 is 5.95 Å². The molecule has 68 valence electrons. The Hall–Kier alpha value is -0.990. The van der Waals surface area contributed by atoms with Gasteiger partial charge in [-0.05, 0) is 0 Å². The summed E-state index contributed by atoms with van der Waals surface area (Å²) in [4.78, 5) is 4.26. The minimum atomic E-state index is -0.0247. The largest absolute Gasteiger partial charge is 0.467 e. The molecule has 1 heterocycles. The SMILES string of the molecule is COc1oc(C)nc1C(C)(C)C. The molecule has 0 saturated carbocycles. The molecule has 1 rings (SSSR count). The van der Waals surface area contributed by atoms with E-state index in [0.29, 0.717) is 11.8 Å². The first-order valence-electron chi connectivity index (χ1n) is 3.97. The number of hydrogen-bond donors (Lipinski definition) is 0. The Morgan fingerprint density at radius 3 is 2.25 bits per heavy atom. The van der Waals surface area contributed by atoms with Crippen molar-refractivity contribution in [2.45, 2.75) is 33.1 Å². The molecule has 0 aliphatic heterocycles. The van der Waals surface area contributed by atoms with Gasteiger partial charge in [0.1, 0.15) is 5.69 Å². The van der Waals surface area contributed by atoms with Gasteiger partial charge in [-0.15, -0.1) is 0 Å². The van der Waals surface area contributed by atoms with E-state index in [1.54, 1.807) is 7.11 Å². The van der Waals surface area contributed by atoms with Crippen molar-refractivity contribution < 1.29 is 9.15 Å². The lowest BCUT2D eigenvalue weighted by Gasteiger charge is -2.14. The highest BCUT2D eigenvalue weighted by atomic mass is 16.6. The van der Waals surface area contributed by atoms with Crippen molar-refractivity contribution >= 4 is 0 Å². The molecule has 12 heavy (non-hydrogen) atoms. The van der Waals surface area contributed by atoms with Crippen molar-refractivity contribution in [3.63, 3.8) is 0 Å². The van der Waals surface area contributed by atoms with E-state index in [1.807, 2.05) is 6.92 Å². The standard InChI is InChI=1S/C9H15NO2/c1-6-10-7(9(2,3)4)8(11-5)12-6/h1-5H3. The highest BCUT2D eigenvalue weighted by Crippen LogP contribution is 2.30. The Balaban J connectivity index is 3.13. The summed E-state index contributed by atoms with van der Waals surface area (Å²) in [5.74, 6) is 1.18. The van der Waals surface area contributed by atoms with Crippen molar-refractivity contribution in [3.05, 3.63) is 11.6 Å². The monoisotopic (exact) mass is 169 g/mol. The van der Waals surface area contributed by atoms with Gasteiger partial charge in [-0.3, -0.25) is 0 Å². The summed E-state index contributed by atoms with van der Waals surface area (Å²) in [7, 11) is 1.59. The van der Waals surface area contributed by atoms with Gasteiger partial charge in [0, 0.05) is 12.3 Å². The Labute approximate surface area is 72.7 Å². The van der Waals surface area contributed by atoms with E-state index < -0.39 is 0 Å². The first-order chi connectivity index (χ1) is 5.45. The molecule has 0 fully saturated rings. The second kappa shape index (κ2) is 2.81. The van der Waals surface area contributed by atoms with Crippen LogP contribution in [0.1, 0.15) is 32.4 Å². The molecule has 0 atom stereocenters. The number of methoxy groups -OCH3 is 1. The predicted octanol–water partition coefficient (Wildman–Crippen LogP) is 2.29. The first-order valence-corrected chi connectivity index (χ1v) is 3.97. The minimum Gasteiger partial charge on any atom is -0.467 e. The fourth-order valence-corrected chi connectivity index (χ4v) is 1.02. The molecule has 0 N–H and O–H groups in total. The van der Waals surface area contributed by atoms with Crippen molar-refractivity contribution in [3.8, 4) is 5.95 Å². The minimum absolute atomic E-state index is 0.0247. The molecule has 3 heteroatoms. The van der Waals surface area contributed by atoms with E-state index in [4.69, 9.17) is 9.15 Å². The van der Waals surface area contributed by atoms with Gasteiger partial charge in [0.25, 0.3) is 0 Å². The predicted molar refractivity (Wildman–Crippen MR) is 46.5 cm³/mol. The van der Waals surface area contributed by atoms with Gasteiger partial charge in [-0.25, -0.2) is 4.98 Å². The summed E-state index contributed by atoms with van der Waals surface area (Å²) in [5, 5.41) is 0. The van der Waals surface area contributed by atoms with Crippen LogP contribution < -0.4 is 4.74 Å². The third-order valence-electron chi connectivity index (χ3n) is 1.60. The molecule has 0 aromatic carbocycles. The Bertz CT molecular complexity index is 271. The molecule has 3 nitrogen and oxygen atoms in total. The van der Waals surface area contributed by atoms with E-state index in [1.165, 1.54) is 0 Å². The lowest BCUT2D eigenvalue weighted by atomic mass is 9.93. The molecule has 0 aliphatic carbocycles. The van der Waals surface area contributed by atoms with Crippen molar-refractivity contribution in [2.75, 3.05) is 7.11 Å². The summed E-state index contributed by atoms with van der Waals surface area (Å²) in [5.41, 5.74) is 0.853. The van der Waals surface area contributed by atoms with Gasteiger partial charge in [0.05, 0.1) is 7.11 Å². The van der Waals surface area contributed by atoms with Crippen LogP contribution in [0.25, 0.3) is 0 Å². The first kappa shape index (κ1) is 9.10. The summed E-state index contributed by atoms with van der Waals surface area (Å²) in [6.45, 7) is 8.05. The lowest BCUT2D eigenvalue weighted by Crippen LogP contribution is -2.12. The third-order valence-corrected chi connectivity index (χ3v) is 1.60. The van der Waals surface area contributed by atoms with Crippen LogP contribution in [-0.4, -0.2) is 12.1 Å². The summed E-state index contributed by atoms with van der Waals surface area (Å²) in [6.07, 6.45) is 0. The molecular formula is C9H15NO2. The molecule has 0 bridgehead atoms. The van der Waals surface area contributed by atoms with E-state index in [0.717, 1.165) is 5.69 Å². The zero-order valence-electron chi connectivity index (χ0n) is 8.26. The number of aryl methyl sites for hydroxylation is 1. The van der Waals surface area contributed by atoms with Crippen molar-refractivity contribution in [2.24, 2.45) is 0 Å². The molecule has 0 radical (unpaired) electrons. The maximum absolute atomic E-state index is 5.26. The highest BCUT2D eigenvalue weighted by Gasteiger charge is 2.24. The van der Waals surface area contributed by atoms with Gasteiger partial charge in [0.15, 0.2) is 5.89 Å². The zero-order valence-corrected chi connectivity index (χ0v) is 8.26. The zero-order chi connectivity index (χ0) is 9.35. The van der Waals surface area contributed by atoms with Crippen LogP contribution in [0.4, 0.5) is 0 Å². The smallest absolute Gasteiger partial charge is 0.308 e. The molecular weight excluding hydrogens is 154 g/mol. The third kappa shape index (κ3) is 1.60. The van der Waals surface area contributed by atoms with Crippen LogP contribution in [0.2, 0.25) is 0 Å². The molecule has 0 amide bonds. The van der Waals surface area contributed by atoms with Crippen LogP contribution in [0, 0.1) is 6.92 Å². The van der Waals surface area contributed by atoms with Gasteiger partial charge in [0.2, 0.25) is 0 Å². The topological polar surface area (TPSA) is 35.3 Å². The Morgan fingerprint density at radius 1 is 1.33 bits per heavy atom. The molecule has 0 unspecified atom stereocenters. The normalized spacial score (nSPS) is 11.8. The number of oxazole rings is 1. The van der Waals surface area contributed by atoms with Gasteiger partial charge in [-0.2, -0.15) is 0 Å². The van der Waals surface area contributed by atoms with Crippen LogP contribution >= 0.6 is 0 Å². The van der Waals surface area contributed by atoms with Crippen LogP contribution in [-0.2, 0) is 5.41 Å². The van der Waals surface area contributed by atoms with E-state index in [9.17, 15) is 0 Å². The maximum Gasteiger partial charge on any atom is 0.308 e. The van der Waals surface area contributed by atoms with E-state index >= 15 is 0 Å². The quantitative estimate of drug-likeness (QED) is 0.647. The summed E-state index contributed by atoms with van der Waals surface area (Å²) < 4.78 is 10.3. The maximum atomic E-state index is 5.26. The van der Waals surface area contributed by atoms with Crippen LogP contribution in [0.15, 0.2) is 4.42 Å². The second-order valence-corrected chi connectivity index (χ2v) is 3.82. The summed E-state index contributed by atoms with van der Waals surface area (Å²) >= 11 is 0. The molecule has 0 spiro atoms. The highest BCUT2D eigenvalue weighted by molar-refractivity contribution is 5.23. The lowest BCUT2D eigenvalue weighted by molar-refractivity contribution is 0.288. The number of nitrogens with zero attached hydrogens (tertiary/aromatic N) is 1. The van der Waals surface area contributed by atoms with Gasteiger partial charge < -0.3 is 9.15 Å². The Morgan fingerprint density at radius 2 is 1.92 bits per heavy atom. The number of ether oxygens (including phenoxy) is 1. The van der Waals surface area contributed by atoms with Crippen LogP contribution in [0.3, 0.4) is 0 Å². The molecule has 0 saturated heterocycles. The molecule has 0 aliphatic rings. The fourth-order valence-electron chi connectivity index (χ4n) is 1.02. The van der Waals surface area contributed by atoms with Crippen molar-refractivity contribution in [1.82, 2.24) is 4.98 Å². The number of rotatable bonds is 1.